The van der Waals surface area contributed by atoms with E-state index >= 15 is 0 Å². The van der Waals surface area contributed by atoms with E-state index in [1.807, 2.05) is 43.4 Å². The van der Waals surface area contributed by atoms with Crippen molar-refractivity contribution in [1.82, 2.24) is 20.2 Å². The van der Waals surface area contributed by atoms with Gasteiger partial charge in [0.05, 0.1) is 11.9 Å². The zero-order valence-corrected chi connectivity index (χ0v) is 17.5. The fraction of sp³-hybridized carbons (Fsp3) is 0.292. The van der Waals surface area contributed by atoms with Crippen LogP contribution in [0.3, 0.4) is 0 Å². The number of aromatic nitrogens is 2. The quantitative estimate of drug-likeness (QED) is 0.711. The van der Waals surface area contributed by atoms with E-state index in [1.54, 1.807) is 23.5 Å². The number of amides is 1. The fourth-order valence-electron chi connectivity index (χ4n) is 3.78. The van der Waals surface area contributed by atoms with Crippen LogP contribution in [0.5, 0.6) is 0 Å². The fourth-order valence-corrected chi connectivity index (χ4v) is 3.78. The molecule has 1 saturated heterocycles. The summed E-state index contributed by atoms with van der Waals surface area (Å²) in [5.74, 6) is -0.0376. The summed E-state index contributed by atoms with van der Waals surface area (Å²) in [4.78, 5) is 25.4. The molecule has 1 aliphatic heterocycles. The van der Waals surface area contributed by atoms with E-state index in [0.29, 0.717) is 11.6 Å². The summed E-state index contributed by atoms with van der Waals surface area (Å²) < 4.78 is 0. The van der Waals surface area contributed by atoms with Crippen molar-refractivity contribution in [1.29, 1.82) is 0 Å². The molecule has 6 nitrogen and oxygen atoms in total. The minimum Gasteiger partial charge on any atom is -0.312 e. The lowest BCUT2D eigenvalue weighted by Crippen LogP contribution is -2.48. The molecule has 4 rings (SSSR count). The Balaban J connectivity index is 1.41. The predicted octanol–water partition coefficient (Wildman–Crippen LogP) is 3.21. The number of nitrogens with zero attached hydrogens (tertiary/aromatic N) is 4. The minimum absolute atomic E-state index is 0.0376. The highest BCUT2D eigenvalue weighted by atomic mass is 16.2. The van der Waals surface area contributed by atoms with Crippen LogP contribution in [0.15, 0.2) is 67.1 Å². The maximum Gasteiger partial charge on any atom is 0.258 e. The van der Waals surface area contributed by atoms with Gasteiger partial charge in [0, 0.05) is 68.5 Å². The maximum atomic E-state index is 12.9. The number of nitrogens with one attached hydrogen (secondary N) is 1. The van der Waals surface area contributed by atoms with Gasteiger partial charge in [-0.3, -0.25) is 19.7 Å². The van der Waals surface area contributed by atoms with Gasteiger partial charge in [0.15, 0.2) is 0 Å². The van der Waals surface area contributed by atoms with Crippen LogP contribution >= 0.6 is 0 Å². The van der Waals surface area contributed by atoms with E-state index in [2.05, 4.69) is 39.2 Å². The Bertz CT molecular complexity index is 973. The highest BCUT2D eigenvalue weighted by Crippen LogP contribution is 2.20. The van der Waals surface area contributed by atoms with Gasteiger partial charge >= 0.3 is 0 Å². The standard InChI is InChI=1S/C24H27N5O/c1-18-16-29(14-13-26-18)17-19-3-9-22(10-4-19)28(2)24(30)21-7-5-20(6-8-21)23-15-25-11-12-27-23/h3-12,15,18,26H,13-14,16-17H2,1-2H3/t18-/m0/s1. The lowest BCUT2D eigenvalue weighted by molar-refractivity contribution is 0.0993. The molecule has 1 N–H and O–H groups in total. The predicted molar refractivity (Wildman–Crippen MR) is 119 cm³/mol. The molecule has 1 amide bonds. The maximum absolute atomic E-state index is 12.9. The Labute approximate surface area is 177 Å². The second-order valence-electron chi connectivity index (χ2n) is 7.79. The van der Waals surface area contributed by atoms with Crippen molar-refractivity contribution in [3.8, 4) is 11.3 Å². The molecule has 1 aliphatic rings. The summed E-state index contributed by atoms with van der Waals surface area (Å²) in [5, 5.41) is 3.47. The molecule has 3 aromatic rings. The van der Waals surface area contributed by atoms with Gasteiger partial charge in [-0.1, -0.05) is 24.3 Å². The van der Waals surface area contributed by atoms with Gasteiger partial charge in [-0.25, -0.2) is 0 Å². The number of hydrogen-bond acceptors (Lipinski definition) is 5. The van der Waals surface area contributed by atoms with E-state index in [4.69, 9.17) is 0 Å². The van der Waals surface area contributed by atoms with Crippen LogP contribution in [0.2, 0.25) is 0 Å². The number of anilines is 1. The Morgan fingerprint density at radius 3 is 2.57 bits per heavy atom. The molecule has 0 spiro atoms. The van der Waals surface area contributed by atoms with Crippen LogP contribution < -0.4 is 10.2 Å². The molecule has 2 aromatic carbocycles. The van der Waals surface area contributed by atoms with E-state index in [9.17, 15) is 4.79 Å². The first-order valence-electron chi connectivity index (χ1n) is 10.3. The molecule has 0 radical (unpaired) electrons. The second kappa shape index (κ2) is 9.15. The summed E-state index contributed by atoms with van der Waals surface area (Å²) in [5.41, 5.74) is 4.52. The Morgan fingerprint density at radius 2 is 1.90 bits per heavy atom. The number of carbonyl (C=O) groups excluding carboxylic acids is 1. The van der Waals surface area contributed by atoms with Crippen molar-refractivity contribution in [2.75, 3.05) is 31.6 Å². The molecule has 0 bridgehead atoms. The molecule has 30 heavy (non-hydrogen) atoms. The molecule has 0 saturated carbocycles. The van der Waals surface area contributed by atoms with Crippen LogP contribution in [0.1, 0.15) is 22.8 Å². The highest BCUT2D eigenvalue weighted by Gasteiger charge is 2.17. The van der Waals surface area contributed by atoms with Crippen molar-refractivity contribution in [2.45, 2.75) is 19.5 Å². The van der Waals surface area contributed by atoms with Gasteiger partial charge in [-0.05, 0) is 36.8 Å². The number of hydrogen-bond donors (Lipinski definition) is 1. The molecular formula is C24H27N5O. The third-order valence-electron chi connectivity index (χ3n) is 5.48. The van der Waals surface area contributed by atoms with Crippen molar-refractivity contribution in [2.24, 2.45) is 0 Å². The molecular weight excluding hydrogens is 374 g/mol. The van der Waals surface area contributed by atoms with Gasteiger partial charge in [0.25, 0.3) is 5.91 Å². The normalized spacial score (nSPS) is 16.9. The first kappa shape index (κ1) is 20.2. The number of carbonyl (C=O) groups is 1. The average molecular weight is 402 g/mol. The van der Waals surface area contributed by atoms with Gasteiger partial charge in [-0.2, -0.15) is 0 Å². The summed E-state index contributed by atoms with van der Waals surface area (Å²) in [6.45, 7) is 6.31. The van der Waals surface area contributed by atoms with Crippen LogP contribution in [0, 0.1) is 0 Å². The average Bonchev–Trinajstić information content (AvgIpc) is 2.79. The topological polar surface area (TPSA) is 61.4 Å². The zero-order chi connectivity index (χ0) is 20.9. The zero-order valence-electron chi connectivity index (χ0n) is 17.5. The minimum atomic E-state index is -0.0376. The SMILES string of the molecule is C[C@H]1CN(Cc2ccc(N(C)C(=O)c3ccc(-c4cnccn4)cc3)cc2)CCN1. The monoisotopic (exact) mass is 401 g/mol. The Kier molecular flexibility index (Phi) is 6.16. The van der Waals surface area contributed by atoms with Crippen LogP contribution in [-0.2, 0) is 6.54 Å². The molecule has 0 unspecified atom stereocenters. The first-order valence-corrected chi connectivity index (χ1v) is 10.3. The number of benzene rings is 2. The molecule has 1 fully saturated rings. The summed E-state index contributed by atoms with van der Waals surface area (Å²) >= 11 is 0. The molecule has 1 aromatic heterocycles. The summed E-state index contributed by atoms with van der Waals surface area (Å²) in [7, 11) is 1.81. The lowest BCUT2D eigenvalue weighted by atomic mass is 10.1. The van der Waals surface area contributed by atoms with Crippen molar-refractivity contribution < 1.29 is 4.79 Å². The molecule has 1 atom stereocenters. The van der Waals surface area contributed by atoms with Crippen LogP contribution in [0.4, 0.5) is 5.69 Å². The van der Waals surface area contributed by atoms with Crippen molar-refractivity contribution in [3.05, 3.63) is 78.2 Å². The van der Waals surface area contributed by atoms with E-state index in [0.717, 1.165) is 43.1 Å². The second-order valence-corrected chi connectivity index (χ2v) is 7.79. The van der Waals surface area contributed by atoms with E-state index < -0.39 is 0 Å². The summed E-state index contributed by atoms with van der Waals surface area (Å²) in [6, 6.07) is 16.3. The molecule has 2 heterocycles. The van der Waals surface area contributed by atoms with Gasteiger partial charge < -0.3 is 10.2 Å². The van der Waals surface area contributed by atoms with Crippen LogP contribution in [-0.4, -0.2) is 53.5 Å². The summed E-state index contributed by atoms with van der Waals surface area (Å²) in [6.07, 6.45) is 5.02. The number of piperazine rings is 1. The Morgan fingerprint density at radius 1 is 1.13 bits per heavy atom. The van der Waals surface area contributed by atoms with Crippen molar-refractivity contribution in [3.63, 3.8) is 0 Å². The smallest absolute Gasteiger partial charge is 0.258 e. The van der Waals surface area contributed by atoms with Gasteiger partial charge in [-0.15, -0.1) is 0 Å². The molecule has 6 heteroatoms. The third kappa shape index (κ3) is 4.72. The largest absolute Gasteiger partial charge is 0.312 e. The molecule has 0 aliphatic carbocycles. The van der Waals surface area contributed by atoms with Gasteiger partial charge in [0.2, 0.25) is 0 Å². The van der Waals surface area contributed by atoms with E-state index in [-0.39, 0.29) is 5.91 Å². The van der Waals surface area contributed by atoms with E-state index in [1.165, 1.54) is 5.56 Å². The van der Waals surface area contributed by atoms with Gasteiger partial charge in [0.1, 0.15) is 0 Å². The first-order chi connectivity index (χ1) is 14.6. The Hall–Kier alpha value is -3.09. The highest BCUT2D eigenvalue weighted by molar-refractivity contribution is 6.05. The number of rotatable bonds is 5. The van der Waals surface area contributed by atoms with Crippen LogP contribution in [0.25, 0.3) is 11.3 Å². The lowest BCUT2D eigenvalue weighted by Gasteiger charge is -2.31. The third-order valence-corrected chi connectivity index (χ3v) is 5.48. The molecule has 154 valence electrons. The van der Waals surface area contributed by atoms with Crippen molar-refractivity contribution >= 4 is 11.6 Å².